The zero-order valence-corrected chi connectivity index (χ0v) is 13.9. The van der Waals surface area contributed by atoms with Crippen LogP contribution in [0.25, 0.3) is 11.3 Å². The van der Waals surface area contributed by atoms with Gasteiger partial charge in [-0.3, -0.25) is 4.79 Å². The molecule has 3 aromatic rings. The SMILES string of the molecule is COc1ccc(N(C)C(=O)c2cc(-c3ccc(Cl)cc3)on2)cc1. The predicted octanol–water partition coefficient (Wildman–Crippen LogP) is 4.28. The Morgan fingerprint density at radius 3 is 2.42 bits per heavy atom. The molecule has 1 heterocycles. The number of anilines is 1. The summed E-state index contributed by atoms with van der Waals surface area (Å²) in [5.74, 6) is 0.980. The van der Waals surface area contributed by atoms with Crippen LogP contribution in [0, 0.1) is 0 Å². The number of nitrogens with zero attached hydrogens (tertiary/aromatic N) is 2. The molecule has 3 rings (SSSR count). The lowest BCUT2D eigenvalue weighted by Crippen LogP contribution is -2.26. The summed E-state index contributed by atoms with van der Waals surface area (Å²) < 4.78 is 10.4. The molecule has 0 atom stereocenters. The first-order valence-electron chi connectivity index (χ1n) is 7.23. The first-order chi connectivity index (χ1) is 11.6. The number of amides is 1. The number of aromatic nitrogens is 1. The molecule has 0 aliphatic rings. The van der Waals surface area contributed by atoms with E-state index in [0.717, 1.165) is 17.0 Å². The molecule has 122 valence electrons. The number of carbonyl (C=O) groups excluding carboxylic acids is 1. The fourth-order valence-corrected chi connectivity index (χ4v) is 2.35. The van der Waals surface area contributed by atoms with Gasteiger partial charge in [-0.15, -0.1) is 0 Å². The average molecular weight is 343 g/mol. The Labute approximate surface area is 144 Å². The van der Waals surface area contributed by atoms with Crippen LogP contribution in [0.5, 0.6) is 5.75 Å². The second kappa shape index (κ2) is 6.76. The highest BCUT2D eigenvalue weighted by Gasteiger charge is 2.19. The Hall–Kier alpha value is -2.79. The van der Waals surface area contributed by atoms with Gasteiger partial charge >= 0.3 is 0 Å². The van der Waals surface area contributed by atoms with Crippen LogP contribution in [0.4, 0.5) is 5.69 Å². The second-order valence-electron chi connectivity index (χ2n) is 5.15. The maximum Gasteiger partial charge on any atom is 0.280 e. The summed E-state index contributed by atoms with van der Waals surface area (Å²) in [6, 6.07) is 15.9. The summed E-state index contributed by atoms with van der Waals surface area (Å²) in [7, 11) is 3.28. The van der Waals surface area contributed by atoms with E-state index < -0.39 is 0 Å². The van der Waals surface area contributed by atoms with E-state index in [-0.39, 0.29) is 11.6 Å². The molecular formula is C18H15ClN2O3. The maximum atomic E-state index is 12.5. The van der Waals surface area contributed by atoms with Crippen LogP contribution in [0.15, 0.2) is 59.1 Å². The number of ether oxygens (including phenoxy) is 1. The summed E-state index contributed by atoms with van der Waals surface area (Å²) in [6.07, 6.45) is 0. The van der Waals surface area contributed by atoms with Crippen LogP contribution in [-0.4, -0.2) is 25.2 Å². The summed E-state index contributed by atoms with van der Waals surface area (Å²) in [5.41, 5.74) is 1.77. The normalized spacial score (nSPS) is 10.5. The van der Waals surface area contributed by atoms with Crippen molar-refractivity contribution in [2.24, 2.45) is 0 Å². The largest absolute Gasteiger partial charge is 0.497 e. The van der Waals surface area contributed by atoms with Gasteiger partial charge in [-0.1, -0.05) is 16.8 Å². The van der Waals surface area contributed by atoms with Crippen LogP contribution >= 0.6 is 11.6 Å². The number of benzene rings is 2. The molecule has 0 unspecified atom stereocenters. The van der Waals surface area contributed by atoms with E-state index in [1.165, 1.54) is 4.90 Å². The van der Waals surface area contributed by atoms with Crippen molar-refractivity contribution in [2.75, 3.05) is 19.1 Å². The van der Waals surface area contributed by atoms with E-state index in [9.17, 15) is 4.79 Å². The monoisotopic (exact) mass is 342 g/mol. The van der Waals surface area contributed by atoms with E-state index >= 15 is 0 Å². The Balaban J connectivity index is 1.80. The van der Waals surface area contributed by atoms with E-state index in [1.807, 2.05) is 12.1 Å². The molecule has 0 spiro atoms. The van der Waals surface area contributed by atoms with Gasteiger partial charge in [0, 0.05) is 29.4 Å². The van der Waals surface area contributed by atoms with Crippen LogP contribution < -0.4 is 9.64 Å². The van der Waals surface area contributed by atoms with E-state index in [0.29, 0.717) is 10.8 Å². The van der Waals surface area contributed by atoms with Crippen molar-refractivity contribution in [3.63, 3.8) is 0 Å². The number of methoxy groups -OCH3 is 1. The molecule has 5 nitrogen and oxygen atoms in total. The smallest absolute Gasteiger partial charge is 0.280 e. The number of halogens is 1. The number of hydrogen-bond donors (Lipinski definition) is 0. The van der Waals surface area contributed by atoms with E-state index in [4.69, 9.17) is 20.9 Å². The van der Waals surface area contributed by atoms with Crippen molar-refractivity contribution in [1.29, 1.82) is 0 Å². The first kappa shape index (κ1) is 16.1. The highest BCUT2D eigenvalue weighted by molar-refractivity contribution is 6.30. The number of hydrogen-bond acceptors (Lipinski definition) is 4. The summed E-state index contributed by atoms with van der Waals surface area (Å²) in [5, 5.41) is 4.50. The average Bonchev–Trinajstić information content (AvgIpc) is 3.11. The predicted molar refractivity (Wildman–Crippen MR) is 92.7 cm³/mol. The minimum absolute atomic E-state index is 0.235. The minimum atomic E-state index is -0.260. The fraction of sp³-hybridized carbons (Fsp3) is 0.111. The molecule has 0 radical (unpaired) electrons. The summed E-state index contributed by atoms with van der Waals surface area (Å²) in [4.78, 5) is 14.1. The van der Waals surface area contributed by atoms with Crippen LogP contribution in [0.2, 0.25) is 5.02 Å². The van der Waals surface area contributed by atoms with Crippen LogP contribution in [0.1, 0.15) is 10.5 Å². The summed E-state index contributed by atoms with van der Waals surface area (Å²) in [6.45, 7) is 0. The van der Waals surface area contributed by atoms with Gasteiger partial charge in [0.15, 0.2) is 11.5 Å². The zero-order chi connectivity index (χ0) is 17.1. The molecule has 6 heteroatoms. The van der Waals surface area contributed by atoms with Crippen molar-refractivity contribution in [3.8, 4) is 17.1 Å². The fourth-order valence-electron chi connectivity index (χ4n) is 2.22. The molecule has 2 aromatic carbocycles. The van der Waals surface area contributed by atoms with Crippen molar-refractivity contribution < 1.29 is 14.1 Å². The van der Waals surface area contributed by atoms with E-state index in [1.54, 1.807) is 56.6 Å². The van der Waals surface area contributed by atoms with Crippen molar-refractivity contribution in [1.82, 2.24) is 5.16 Å². The Kier molecular flexibility index (Phi) is 4.53. The number of carbonyl (C=O) groups is 1. The van der Waals surface area contributed by atoms with Crippen molar-refractivity contribution >= 4 is 23.2 Å². The highest BCUT2D eigenvalue weighted by Crippen LogP contribution is 2.24. The molecule has 0 bridgehead atoms. The molecule has 0 N–H and O–H groups in total. The van der Waals surface area contributed by atoms with Crippen LogP contribution in [-0.2, 0) is 0 Å². The standard InChI is InChI=1S/C18H15ClN2O3/c1-21(14-7-9-15(23-2)10-8-14)18(22)16-11-17(24-20-16)12-3-5-13(19)6-4-12/h3-11H,1-2H3. The van der Waals surface area contributed by atoms with Gasteiger partial charge in [-0.05, 0) is 48.5 Å². The Morgan fingerprint density at radius 1 is 1.12 bits per heavy atom. The molecule has 0 fully saturated rings. The van der Waals surface area contributed by atoms with Gasteiger partial charge in [0.25, 0.3) is 5.91 Å². The van der Waals surface area contributed by atoms with Crippen molar-refractivity contribution in [2.45, 2.75) is 0 Å². The van der Waals surface area contributed by atoms with Gasteiger partial charge in [0.1, 0.15) is 5.75 Å². The molecule has 0 aliphatic carbocycles. The highest BCUT2D eigenvalue weighted by atomic mass is 35.5. The van der Waals surface area contributed by atoms with E-state index in [2.05, 4.69) is 5.16 Å². The molecular weight excluding hydrogens is 328 g/mol. The third-order valence-corrected chi connectivity index (χ3v) is 3.87. The quantitative estimate of drug-likeness (QED) is 0.710. The maximum absolute atomic E-state index is 12.5. The lowest BCUT2D eigenvalue weighted by atomic mass is 10.1. The Morgan fingerprint density at radius 2 is 1.79 bits per heavy atom. The minimum Gasteiger partial charge on any atom is -0.497 e. The van der Waals surface area contributed by atoms with Gasteiger partial charge in [-0.2, -0.15) is 0 Å². The number of rotatable bonds is 4. The molecule has 1 aromatic heterocycles. The third kappa shape index (κ3) is 3.26. The lowest BCUT2D eigenvalue weighted by Gasteiger charge is -2.15. The van der Waals surface area contributed by atoms with Crippen molar-refractivity contribution in [3.05, 3.63) is 65.3 Å². The molecule has 0 aliphatic heterocycles. The van der Waals surface area contributed by atoms with Gasteiger partial charge in [0.05, 0.1) is 7.11 Å². The topological polar surface area (TPSA) is 55.6 Å². The van der Waals surface area contributed by atoms with Gasteiger partial charge in [0.2, 0.25) is 0 Å². The second-order valence-corrected chi connectivity index (χ2v) is 5.58. The Bertz CT molecular complexity index is 841. The zero-order valence-electron chi connectivity index (χ0n) is 13.2. The first-order valence-corrected chi connectivity index (χ1v) is 7.61. The molecule has 0 saturated heterocycles. The van der Waals surface area contributed by atoms with Gasteiger partial charge in [-0.25, -0.2) is 0 Å². The van der Waals surface area contributed by atoms with Gasteiger partial charge < -0.3 is 14.2 Å². The molecule has 0 saturated carbocycles. The van der Waals surface area contributed by atoms with Crippen LogP contribution in [0.3, 0.4) is 0 Å². The third-order valence-electron chi connectivity index (χ3n) is 3.62. The molecule has 24 heavy (non-hydrogen) atoms. The molecule has 1 amide bonds. The lowest BCUT2D eigenvalue weighted by molar-refractivity contribution is 0.0984. The summed E-state index contributed by atoms with van der Waals surface area (Å²) >= 11 is 5.87.